The van der Waals surface area contributed by atoms with Gasteiger partial charge in [0.25, 0.3) is 0 Å². The summed E-state index contributed by atoms with van der Waals surface area (Å²) in [7, 11) is 0. The second kappa shape index (κ2) is 7.67. The average molecular weight is 243 g/mol. The van der Waals surface area contributed by atoms with Gasteiger partial charge in [-0.2, -0.15) is 0 Å². The Morgan fingerprint density at radius 2 is 2.06 bits per heavy atom. The van der Waals surface area contributed by atoms with Gasteiger partial charge in [-0.3, -0.25) is 9.69 Å². The fourth-order valence-corrected chi connectivity index (χ4v) is 2.54. The van der Waals surface area contributed by atoms with Crippen LogP contribution in [0.1, 0.15) is 46.0 Å². The van der Waals surface area contributed by atoms with Crippen LogP contribution in [-0.4, -0.2) is 47.8 Å². The summed E-state index contributed by atoms with van der Waals surface area (Å²) >= 11 is 0. The number of esters is 1. The van der Waals surface area contributed by atoms with Crippen molar-refractivity contribution in [1.82, 2.24) is 4.90 Å². The van der Waals surface area contributed by atoms with Crippen molar-refractivity contribution in [1.29, 1.82) is 0 Å². The Bertz CT molecular complexity index is 233. The molecule has 1 fully saturated rings. The Balaban J connectivity index is 2.53. The number of carbonyl (C=O) groups is 1. The van der Waals surface area contributed by atoms with Gasteiger partial charge in [-0.15, -0.1) is 0 Å². The highest BCUT2D eigenvalue weighted by atomic mass is 16.5. The second-order valence-corrected chi connectivity index (χ2v) is 4.69. The van der Waals surface area contributed by atoms with Crippen molar-refractivity contribution in [3.63, 3.8) is 0 Å². The molecular formula is C13H25NO3. The lowest BCUT2D eigenvalue weighted by Crippen LogP contribution is -2.48. The number of aliphatic hydroxyl groups is 1. The number of aliphatic hydroxyl groups excluding tert-OH is 1. The van der Waals surface area contributed by atoms with Crippen LogP contribution in [0.25, 0.3) is 0 Å². The quantitative estimate of drug-likeness (QED) is 0.719. The molecule has 0 heterocycles. The molecule has 0 saturated heterocycles. The molecule has 17 heavy (non-hydrogen) atoms. The van der Waals surface area contributed by atoms with Gasteiger partial charge < -0.3 is 9.84 Å². The Hall–Kier alpha value is -0.610. The smallest absolute Gasteiger partial charge is 0.320 e. The zero-order valence-electron chi connectivity index (χ0n) is 11.0. The van der Waals surface area contributed by atoms with E-state index in [4.69, 9.17) is 4.74 Å². The Kier molecular flexibility index (Phi) is 6.52. The van der Waals surface area contributed by atoms with Gasteiger partial charge in [0.05, 0.1) is 19.3 Å². The van der Waals surface area contributed by atoms with Crippen LogP contribution in [0.15, 0.2) is 0 Å². The first kappa shape index (κ1) is 14.5. The van der Waals surface area contributed by atoms with Gasteiger partial charge in [0, 0.05) is 6.04 Å². The molecule has 1 aliphatic carbocycles. The fourth-order valence-electron chi connectivity index (χ4n) is 2.54. The molecule has 1 N–H and O–H groups in total. The summed E-state index contributed by atoms with van der Waals surface area (Å²) < 4.78 is 4.98. The van der Waals surface area contributed by atoms with E-state index in [1.165, 1.54) is 0 Å². The number of rotatable bonds is 6. The normalized spacial score (nSPS) is 24.9. The van der Waals surface area contributed by atoms with E-state index in [1.807, 2.05) is 6.92 Å². The highest BCUT2D eigenvalue weighted by molar-refractivity contribution is 5.71. The molecule has 0 aromatic carbocycles. The zero-order valence-corrected chi connectivity index (χ0v) is 11.0. The molecule has 4 nitrogen and oxygen atoms in total. The van der Waals surface area contributed by atoms with Crippen molar-refractivity contribution in [3.05, 3.63) is 0 Å². The van der Waals surface area contributed by atoms with Gasteiger partial charge in [-0.1, -0.05) is 19.8 Å². The monoisotopic (exact) mass is 243 g/mol. The third-order valence-corrected chi connectivity index (χ3v) is 3.31. The minimum atomic E-state index is -0.287. The first-order valence-electron chi connectivity index (χ1n) is 6.76. The summed E-state index contributed by atoms with van der Waals surface area (Å²) in [5.41, 5.74) is 0. The van der Waals surface area contributed by atoms with Crippen molar-refractivity contribution in [3.8, 4) is 0 Å². The highest BCUT2D eigenvalue weighted by Crippen LogP contribution is 2.23. The molecule has 2 atom stereocenters. The maximum atomic E-state index is 11.5. The van der Waals surface area contributed by atoms with Crippen LogP contribution in [-0.2, 0) is 9.53 Å². The molecule has 0 aromatic heterocycles. The summed E-state index contributed by atoms with van der Waals surface area (Å²) in [4.78, 5) is 13.6. The first-order valence-corrected chi connectivity index (χ1v) is 6.76. The SMILES string of the molecule is CCCN(CC(=O)OCC)C1CCCCC1O. The largest absolute Gasteiger partial charge is 0.465 e. The summed E-state index contributed by atoms with van der Waals surface area (Å²) in [6.07, 6.45) is 4.78. The third kappa shape index (κ3) is 4.64. The summed E-state index contributed by atoms with van der Waals surface area (Å²) in [5, 5.41) is 10.0. The summed E-state index contributed by atoms with van der Waals surface area (Å²) in [6.45, 7) is 5.49. The third-order valence-electron chi connectivity index (χ3n) is 3.31. The molecule has 0 aliphatic heterocycles. The minimum Gasteiger partial charge on any atom is -0.465 e. The molecular weight excluding hydrogens is 218 g/mol. The summed E-state index contributed by atoms with van der Waals surface area (Å²) in [5.74, 6) is -0.182. The van der Waals surface area contributed by atoms with E-state index in [1.54, 1.807) is 0 Å². The number of hydrogen-bond acceptors (Lipinski definition) is 4. The Labute approximate surface area is 104 Å². The lowest BCUT2D eigenvalue weighted by molar-refractivity contribution is -0.146. The van der Waals surface area contributed by atoms with Gasteiger partial charge in [0.15, 0.2) is 0 Å². The maximum absolute atomic E-state index is 11.5. The molecule has 100 valence electrons. The molecule has 0 aromatic rings. The van der Waals surface area contributed by atoms with Crippen LogP contribution in [0.5, 0.6) is 0 Å². The van der Waals surface area contributed by atoms with Crippen LogP contribution in [0.2, 0.25) is 0 Å². The zero-order chi connectivity index (χ0) is 12.7. The molecule has 0 amide bonds. The molecule has 1 saturated carbocycles. The lowest BCUT2D eigenvalue weighted by Gasteiger charge is -2.36. The topological polar surface area (TPSA) is 49.8 Å². The number of nitrogens with zero attached hydrogens (tertiary/aromatic N) is 1. The van der Waals surface area contributed by atoms with Gasteiger partial charge in [-0.25, -0.2) is 0 Å². The minimum absolute atomic E-state index is 0.133. The van der Waals surface area contributed by atoms with Crippen LogP contribution >= 0.6 is 0 Å². The van der Waals surface area contributed by atoms with Crippen molar-refractivity contribution in [2.45, 2.75) is 58.1 Å². The molecule has 4 heteroatoms. The van der Waals surface area contributed by atoms with Crippen LogP contribution in [0.4, 0.5) is 0 Å². The standard InChI is InChI=1S/C13H25NO3/c1-3-9-14(10-13(16)17-4-2)11-7-5-6-8-12(11)15/h11-12,15H,3-10H2,1-2H3. The van der Waals surface area contributed by atoms with E-state index in [0.29, 0.717) is 13.2 Å². The second-order valence-electron chi connectivity index (χ2n) is 4.69. The van der Waals surface area contributed by atoms with E-state index < -0.39 is 0 Å². The summed E-state index contributed by atoms with van der Waals surface area (Å²) in [6, 6.07) is 0.133. The molecule has 0 radical (unpaired) electrons. The van der Waals surface area contributed by atoms with E-state index >= 15 is 0 Å². The lowest BCUT2D eigenvalue weighted by atomic mass is 9.91. The van der Waals surface area contributed by atoms with Gasteiger partial charge in [0.2, 0.25) is 0 Å². The molecule has 0 bridgehead atoms. The van der Waals surface area contributed by atoms with Crippen molar-refractivity contribution >= 4 is 5.97 Å². The average Bonchev–Trinajstić information content (AvgIpc) is 2.29. The molecule has 2 unspecified atom stereocenters. The van der Waals surface area contributed by atoms with Gasteiger partial charge in [-0.05, 0) is 32.7 Å². The Morgan fingerprint density at radius 3 is 2.65 bits per heavy atom. The van der Waals surface area contributed by atoms with Crippen molar-refractivity contribution in [2.75, 3.05) is 19.7 Å². The van der Waals surface area contributed by atoms with Crippen LogP contribution in [0, 0.1) is 0 Å². The van der Waals surface area contributed by atoms with E-state index in [0.717, 1.165) is 38.6 Å². The molecule has 1 aliphatic rings. The van der Waals surface area contributed by atoms with Gasteiger partial charge >= 0.3 is 5.97 Å². The highest BCUT2D eigenvalue weighted by Gasteiger charge is 2.29. The van der Waals surface area contributed by atoms with Crippen molar-refractivity contribution in [2.24, 2.45) is 0 Å². The first-order chi connectivity index (χ1) is 8.19. The number of ether oxygens (including phenoxy) is 1. The predicted octanol–water partition coefficient (Wildman–Crippen LogP) is 1.56. The van der Waals surface area contributed by atoms with Crippen molar-refractivity contribution < 1.29 is 14.6 Å². The maximum Gasteiger partial charge on any atom is 0.320 e. The predicted molar refractivity (Wildman–Crippen MR) is 66.8 cm³/mol. The van der Waals surface area contributed by atoms with E-state index in [9.17, 15) is 9.90 Å². The Morgan fingerprint density at radius 1 is 1.35 bits per heavy atom. The van der Waals surface area contributed by atoms with E-state index in [-0.39, 0.29) is 18.1 Å². The number of hydrogen-bond donors (Lipinski definition) is 1. The fraction of sp³-hybridized carbons (Fsp3) is 0.923. The van der Waals surface area contributed by atoms with Crippen LogP contribution in [0.3, 0.4) is 0 Å². The molecule has 1 rings (SSSR count). The van der Waals surface area contributed by atoms with Crippen LogP contribution < -0.4 is 0 Å². The molecule has 0 spiro atoms. The number of carbonyl (C=O) groups excluding carboxylic acids is 1. The van der Waals surface area contributed by atoms with E-state index in [2.05, 4.69) is 11.8 Å². The van der Waals surface area contributed by atoms with Gasteiger partial charge in [0.1, 0.15) is 0 Å².